The third-order valence-corrected chi connectivity index (χ3v) is 3.98. The molecule has 104 valence electrons. The number of furan rings is 1. The van der Waals surface area contributed by atoms with Gasteiger partial charge in [0.1, 0.15) is 5.76 Å². The summed E-state index contributed by atoms with van der Waals surface area (Å²) in [5.41, 5.74) is 1.34. The lowest BCUT2D eigenvalue weighted by molar-refractivity contribution is 0.0915. The van der Waals surface area contributed by atoms with Crippen LogP contribution < -0.4 is 5.32 Å². The van der Waals surface area contributed by atoms with Crippen LogP contribution in [0.2, 0.25) is 0 Å². The lowest BCUT2D eigenvalue weighted by Gasteiger charge is -2.20. The molecular formula is C15H21NO2S. The van der Waals surface area contributed by atoms with Crippen LogP contribution in [0.15, 0.2) is 28.2 Å². The number of hydrogen-bond acceptors (Lipinski definition) is 3. The molecule has 0 saturated heterocycles. The Morgan fingerprint density at radius 1 is 1.47 bits per heavy atom. The number of rotatable bonds is 5. The van der Waals surface area contributed by atoms with Crippen LogP contribution in [-0.4, -0.2) is 18.2 Å². The lowest BCUT2D eigenvalue weighted by Crippen LogP contribution is -2.34. The Bertz CT molecular complexity index is 464. The van der Waals surface area contributed by atoms with E-state index in [-0.39, 0.29) is 11.9 Å². The molecule has 0 aromatic carbocycles. The number of thioether (sulfide) groups is 1. The van der Waals surface area contributed by atoms with Crippen LogP contribution in [0.3, 0.4) is 0 Å². The standard InChI is InChI=1S/C15H21NO2S/c1-11(12-6-4-3-5-7-12)16-15(17)14-9-8-13(18-14)10-19-2/h6,8-9,11H,3-5,7,10H2,1-2H3,(H,16,17)/t11-/m0/s1. The van der Waals surface area contributed by atoms with Crippen molar-refractivity contribution in [1.29, 1.82) is 0 Å². The van der Waals surface area contributed by atoms with Crippen molar-refractivity contribution in [2.45, 2.75) is 44.4 Å². The largest absolute Gasteiger partial charge is 0.455 e. The lowest BCUT2D eigenvalue weighted by atomic mass is 9.95. The minimum Gasteiger partial charge on any atom is -0.455 e. The number of hydrogen-bond donors (Lipinski definition) is 1. The number of nitrogens with one attached hydrogen (secondary N) is 1. The number of carbonyl (C=O) groups is 1. The second-order valence-corrected chi connectivity index (χ2v) is 5.78. The van der Waals surface area contributed by atoms with E-state index in [9.17, 15) is 4.79 Å². The second-order valence-electron chi connectivity index (χ2n) is 4.92. The van der Waals surface area contributed by atoms with Crippen LogP contribution in [0.1, 0.15) is 48.9 Å². The molecule has 1 aromatic rings. The quantitative estimate of drug-likeness (QED) is 0.834. The Kier molecular flexibility index (Phi) is 5.14. The van der Waals surface area contributed by atoms with E-state index < -0.39 is 0 Å². The number of carbonyl (C=O) groups excluding carboxylic acids is 1. The predicted molar refractivity (Wildman–Crippen MR) is 79.4 cm³/mol. The molecule has 0 unspecified atom stereocenters. The van der Waals surface area contributed by atoms with Crippen molar-refractivity contribution in [1.82, 2.24) is 5.32 Å². The Balaban J connectivity index is 1.93. The zero-order chi connectivity index (χ0) is 13.7. The van der Waals surface area contributed by atoms with Gasteiger partial charge >= 0.3 is 0 Å². The number of amides is 1. The zero-order valence-corrected chi connectivity index (χ0v) is 12.4. The maximum atomic E-state index is 12.1. The topological polar surface area (TPSA) is 42.2 Å². The molecule has 0 aliphatic heterocycles. The fourth-order valence-corrected chi connectivity index (χ4v) is 2.78. The van der Waals surface area contributed by atoms with Gasteiger partial charge in [-0.05, 0) is 51.0 Å². The van der Waals surface area contributed by atoms with Gasteiger partial charge in [-0.1, -0.05) is 11.6 Å². The van der Waals surface area contributed by atoms with E-state index in [0.29, 0.717) is 5.76 Å². The molecule has 1 aliphatic carbocycles. The summed E-state index contributed by atoms with van der Waals surface area (Å²) in [5, 5.41) is 3.01. The molecule has 0 saturated carbocycles. The normalized spacial score (nSPS) is 16.8. The van der Waals surface area contributed by atoms with Crippen LogP contribution in [0.5, 0.6) is 0 Å². The molecule has 1 N–H and O–H groups in total. The van der Waals surface area contributed by atoms with Gasteiger partial charge in [-0.2, -0.15) is 11.8 Å². The van der Waals surface area contributed by atoms with Crippen LogP contribution in [0, 0.1) is 0 Å². The minimum absolute atomic E-state index is 0.0990. The molecule has 1 heterocycles. The van der Waals surface area contributed by atoms with E-state index in [0.717, 1.165) is 24.4 Å². The zero-order valence-electron chi connectivity index (χ0n) is 11.6. The average molecular weight is 279 g/mol. The fraction of sp³-hybridized carbons (Fsp3) is 0.533. The Labute approximate surface area is 118 Å². The smallest absolute Gasteiger partial charge is 0.287 e. The molecule has 0 fully saturated rings. The second kappa shape index (κ2) is 6.85. The van der Waals surface area contributed by atoms with Gasteiger partial charge in [0.05, 0.1) is 5.75 Å². The van der Waals surface area contributed by atoms with Gasteiger partial charge in [-0.15, -0.1) is 0 Å². The third kappa shape index (κ3) is 3.90. The van der Waals surface area contributed by atoms with Gasteiger partial charge in [0, 0.05) is 6.04 Å². The van der Waals surface area contributed by atoms with Crippen LogP contribution in [0.4, 0.5) is 0 Å². The Morgan fingerprint density at radius 2 is 2.32 bits per heavy atom. The maximum Gasteiger partial charge on any atom is 0.287 e. The summed E-state index contributed by atoms with van der Waals surface area (Å²) in [6, 6.07) is 3.72. The monoisotopic (exact) mass is 279 g/mol. The first-order valence-electron chi connectivity index (χ1n) is 6.78. The Hall–Kier alpha value is -1.16. The molecule has 0 bridgehead atoms. The molecule has 1 atom stereocenters. The summed E-state index contributed by atoms with van der Waals surface area (Å²) in [6.07, 6.45) is 8.99. The summed E-state index contributed by atoms with van der Waals surface area (Å²) in [5.74, 6) is 1.94. The summed E-state index contributed by atoms with van der Waals surface area (Å²) < 4.78 is 5.52. The summed E-state index contributed by atoms with van der Waals surface area (Å²) in [7, 11) is 0. The van der Waals surface area contributed by atoms with Gasteiger partial charge in [0.2, 0.25) is 0 Å². The van der Waals surface area contributed by atoms with Gasteiger partial charge in [-0.25, -0.2) is 0 Å². The van der Waals surface area contributed by atoms with E-state index in [4.69, 9.17) is 4.42 Å². The highest BCUT2D eigenvalue weighted by Crippen LogP contribution is 2.20. The van der Waals surface area contributed by atoms with Crippen molar-refractivity contribution in [2.75, 3.05) is 6.26 Å². The maximum absolute atomic E-state index is 12.1. The average Bonchev–Trinajstić information content (AvgIpc) is 2.89. The summed E-state index contributed by atoms with van der Waals surface area (Å²) in [6.45, 7) is 2.04. The third-order valence-electron chi connectivity index (χ3n) is 3.40. The first-order valence-corrected chi connectivity index (χ1v) is 8.17. The molecule has 1 aromatic heterocycles. The molecule has 0 radical (unpaired) electrons. The first kappa shape index (κ1) is 14.3. The summed E-state index contributed by atoms with van der Waals surface area (Å²) >= 11 is 1.68. The highest BCUT2D eigenvalue weighted by Gasteiger charge is 2.17. The van der Waals surface area contributed by atoms with Gasteiger partial charge in [0.25, 0.3) is 5.91 Å². The fourth-order valence-electron chi connectivity index (χ4n) is 2.34. The van der Waals surface area contributed by atoms with E-state index in [1.807, 2.05) is 19.2 Å². The van der Waals surface area contributed by atoms with Crippen molar-refractivity contribution in [2.24, 2.45) is 0 Å². The van der Waals surface area contributed by atoms with Gasteiger partial charge in [-0.3, -0.25) is 4.79 Å². The SMILES string of the molecule is CSCc1ccc(C(=O)N[C@@H](C)C2=CCCCC2)o1. The van der Waals surface area contributed by atoms with Gasteiger partial charge < -0.3 is 9.73 Å². The van der Waals surface area contributed by atoms with Crippen molar-refractivity contribution in [3.8, 4) is 0 Å². The van der Waals surface area contributed by atoms with Gasteiger partial charge in [0.15, 0.2) is 5.76 Å². The van der Waals surface area contributed by atoms with Crippen molar-refractivity contribution in [3.05, 3.63) is 35.3 Å². The van der Waals surface area contributed by atoms with Crippen molar-refractivity contribution < 1.29 is 9.21 Å². The number of allylic oxidation sites excluding steroid dienone is 1. The molecule has 2 rings (SSSR count). The van der Waals surface area contributed by atoms with E-state index in [2.05, 4.69) is 11.4 Å². The van der Waals surface area contributed by atoms with E-state index in [1.54, 1.807) is 17.8 Å². The molecule has 19 heavy (non-hydrogen) atoms. The molecule has 3 nitrogen and oxygen atoms in total. The van der Waals surface area contributed by atoms with Crippen molar-refractivity contribution in [3.63, 3.8) is 0 Å². The first-order chi connectivity index (χ1) is 9.20. The molecule has 1 aliphatic rings. The highest BCUT2D eigenvalue weighted by atomic mass is 32.2. The minimum atomic E-state index is -0.119. The molecular weight excluding hydrogens is 258 g/mol. The Morgan fingerprint density at radius 3 is 3.00 bits per heavy atom. The van der Waals surface area contributed by atoms with Crippen LogP contribution in [-0.2, 0) is 5.75 Å². The van der Waals surface area contributed by atoms with Crippen LogP contribution in [0.25, 0.3) is 0 Å². The molecule has 0 spiro atoms. The van der Waals surface area contributed by atoms with Crippen LogP contribution >= 0.6 is 11.8 Å². The molecule has 4 heteroatoms. The predicted octanol–water partition coefficient (Wildman–Crippen LogP) is 3.76. The highest BCUT2D eigenvalue weighted by molar-refractivity contribution is 7.97. The van der Waals surface area contributed by atoms with E-state index >= 15 is 0 Å². The van der Waals surface area contributed by atoms with E-state index in [1.165, 1.54) is 18.4 Å². The molecule has 1 amide bonds. The summed E-state index contributed by atoms with van der Waals surface area (Å²) in [4.78, 5) is 12.1. The van der Waals surface area contributed by atoms with Crippen molar-refractivity contribution >= 4 is 17.7 Å².